The Morgan fingerprint density at radius 1 is 1.24 bits per heavy atom. The van der Waals surface area contributed by atoms with Gasteiger partial charge in [0.1, 0.15) is 0 Å². The molecule has 1 aromatic heterocycles. The Kier molecular flexibility index (Phi) is 3.16. The highest BCUT2D eigenvalue weighted by Crippen LogP contribution is 2.48. The van der Waals surface area contributed by atoms with Gasteiger partial charge in [0.2, 0.25) is 5.91 Å². The predicted octanol–water partition coefficient (Wildman–Crippen LogP) is 4.25. The number of fused-ring (bicyclic) bond motifs is 2. The number of rotatable bonds is 0. The third-order valence-corrected chi connectivity index (χ3v) is 4.13. The highest BCUT2D eigenvalue weighted by atomic mass is 32.2. The van der Waals surface area contributed by atoms with Gasteiger partial charge in [0.15, 0.2) is 5.82 Å². The summed E-state index contributed by atoms with van der Waals surface area (Å²) in [7, 11) is 0. The van der Waals surface area contributed by atoms with Crippen molar-refractivity contribution in [2.75, 3.05) is 4.90 Å². The maximum Gasteiger partial charge on any atom is 0.416 e. The Bertz CT molecular complexity index is 730. The van der Waals surface area contributed by atoms with E-state index in [1.54, 1.807) is 12.1 Å². The quantitative estimate of drug-likeness (QED) is 0.729. The van der Waals surface area contributed by atoms with E-state index in [1.165, 1.54) is 35.8 Å². The van der Waals surface area contributed by atoms with Crippen molar-refractivity contribution < 1.29 is 18.0 Å². The molecule has 0 aliphatic carbocycles. The van der Waals surface area contributed by atoms with Gasteiger partial charge in [0.25, 0.3) is 0 Å². The summed E-state index contributed by atoms with van der Waals surface area (Å²) in [4.78, 5) is 18.5. The number of alkyl halides is 3. The Balaban J connectivity index is 2.20. The molecule has 108 valence electrons. The Morgan fingerprint density at radius 3 is 2.67 bits per heavy atom. The van der Waals surface area contributed by atoms with Gasteiger partial charge >= 0.3 is 6.18 Å². The van der Waals surface area contributed by atoms with Crippen LogP contribution in [0.3, 0.4) is 0 Å². The van der Waals surface area contributed by atoms with Gasteiger partial charge in [-0.2, -0.15) is 13.2 Å². The maximum absolute atomic E-state index is 12.9. The van der Waals surface area contributed by atoms with Crippen LogP contribution in [0, 0.1) is 0 Å². The first-order valence-corrected chi connectivity index (χ1v) is 6.84. The molecule has 7 heteroatoms. The van der Waals surface area contributed by atoms with E-state index in [1.807, 2.05) is 0 Å². The molecule has 1 aromatic carbocycles. The fraction of sp³-hybridized carbons (Fsp3) is 0.143. The van der Waals surface area contributed by atoms with Crippen molar-refractivity contribution >= 4 is 29.2 Å². The van der Waals surface area contributed by atoms with Crippen molar-refractivity contribution in [3.05, 3.63) is 42.1 Å². The first kappa shape index (κ1) is 13.9. The molecule has 0 bridgehead atoms. The number of benzene rings is 1. The molecule has 0 fully saturated rings. The lowest BCUT2D eigenvalue weighted by atomic mass is 10.1. The lowest BCUT2D eigenvalue weighted by Crippen LogP contribution is -2.27. The number of nitrogens with zero attached hydrogens (tertiary/aromatic N) is 2. The largest absolute Gasteiger partial charge is 0.416 e. The summed E-state index contributed by atoms with van der Waals surface area (Å²) in [5, 5.41) is 0. The van der Waals surface area contributed by atoms with E-state index in [0.717, 1.165) is 17.0 Å². The number of aromatic nitrogens is 1. The van der Waals surface area contributed by atoms with Crippen LogP contribution in [-0.4, -0.2) is 10.9 Å². The fourth-order valence-electron chi connectivity index (χ4n) is 2.14. The van der Waals surface area contributed by atoms with Gasteiger partial charge in [-0.05, 0) is 30.3 Å². The molecule has 2 aromatic rings. The second-order valence-electron chi connectivity index (χ2n) is 4.46. The molecule has 1 aliphatic rings. The van der Waals surface area contributed by atoms with Crippen molar-refractivity contribution in [1.82, 2.24) is 4.98 Å². The SMILES string of the molecule is CC(=O)N1c2cc(C(F)(F)F)ccc2Sc2cccnc21. The molecule has 0 N–H and O–H groups in total. The average Bonchev–Trinajstić information content (AvgIpc) is 2.42. The minimum atomic E-state index is -4.45. The number of carbonyl (C=O) groups excluding carboxylic acids is 1. The van der Waals surface area contributed by atoms with Gasteiger partial charge in [-0.1, -0.05) is 11.8 Å². The van der Waals surface area contributed by atoms with E-state index in [9.17, 15) is 18.0 Å². The second kappa shape index (κ2) is 4.77. The van der Waals surface area contributed by atoms with Gasteiger partial charge in [-0.3, -0.25) is 9.69 Å². The number of pyridine rings is 1. The van der Waals surface area contributed by atoms with Crippen LogP contribution in [0.1, 0.15) is 12.5 Å². The van der Waals surface area contributed by atoms with Crippen LogP contribution in [-0.2, 0) is 11.0 Å². The van der Waals surface area contributed by atoms with E-state index in [0.29, 0.717) is 10.7 Å². The van der Waals surface area contributed by atoms with Crippen LogP contribution in [0.5, 0.6) is 0 Å². The van der Waals surface area contributed by atoms with Gasteiger partial charge in [0, 0.05) is 18.0 Å². The molecule has 1 amide bonds. The summed E-state index contributed by atoms with van der Waals surface area (Å²) < 4.78 is 38.6. The molecular weight excluding hydrogens is 301 g/mol. The van der Waals surface area contributed by atoms with Gasteiger partial charge in [0.05, 0.1) is 16.1 Å². The normalized spacial score (nSPS) is 13.6. The zero-order valence-electron chi connectivity index (χ0n) is 10.8. The summed E-state index contributed by atoms with van der Waals surface area (Å²) in [6.45, 7) is 1.30. The van der Waals surface area contributed by atoms with Crippen LogP contribution < -0.4 is 4.90 Å². The monoisotopic (exact) mass is 310 g/mol. The first-order chi connectivity index (χ1) is 9.88. The zero-order valence-corrected chi connectivity index (χ0v) is 11.6. The molecule has 3 rings (SSSR count). The molecule has 1 aliphatic heterocycles. The highest BCUT2D eigenvalue weighted by molar-refractivity contribution is 7.99. The molecule has 0 radical (unpaired) electrons. The van der Waals surface area contributed by atoms with Crippen molar-refractivity contribution in [1.29, 1.82) is 0 Å². The van der Waals surface area contributed by atoms with Crippen LogP contribution in [0.2, 0.25) is 0 Å². The zero-order chi connectivity index (χ0) is 15.2. The Hall–Kier alpha value is -2.02. The van der Waals surface area contributed by atoms with Crippen molar-refractivity contribution in [3.63, 3.8) is 0 Å². The summed E-state index contributed by atoms with van der Waals surface area (Å²) in [6, 6.07) is 6.89. The number of hydrogen-bond donors (Lipinski definition) is 0. The fourth-order valence-corrected chi connectivity index (χ4v) is 3.15. The van der Waals surface area contributed by atoms with E-state index in [-0.39, 0.29) is 11.6 Å². The van der Waals surface area contributed by atoms with Gasteiger partial charge in [-0.25, -0.2) is 4.98 Å². The van der Waals surface area contributed by atoms with Crippen LogP contribution in [0.25, 0.3) is 0 Å². The third kappa shape index (κ3) is 2.37. The van der Waals surface area contributed by atoms with Crippen LogP contribution in [0.15, 0.2) is 46.3 Å². The average molecular weight is 310 g/mol. The van der Waals surface area contributed by atoms with E-state index in [4.69, 9.17) is 0 Å². The lowest BCUT2D eigenvalue weighted by molar-refractivity contribution is -0.137. The highest BCUT2D eigenvalue weighted by Gasteiger charge is 2.34. The number of hydrogen-bond acceptors (Lipinski definition) is 3. The molecule has 0 saturated heterocycles. The summed E-state index contributed by atoms with van der Waals surface area (Å²) >= 11 is 1.30. The van der Waals surface area contributed by atoms with E-state index >= 15 is 0 Å². The van der Waals surface area contributed by atoms with Gasteiger partial charge in [-0.15, -0.1) is 0 Å². The second-order valence-corrected chi connectivity index (χ2v) is 5.55. The van der Waals surface area contributed by atoms with Crippen molar-refractivity contribution in [2.45, 2.75) is 22.9 Å². The molecule has 21 heavy (non-hydrogen) atoms. The molecule has 0 saturated carbocycles. The molecule has 0 unspecified atom stereocenters. The summed E-state index contributed by atoms with van der Waals surface area (Å²) in [5.41, 5.74) is -0.569. The predicted molar refractivity (Wildman–Crippen MR) is 72.6 cm³/mol. The minimum Gasteiger partial charge on any atom is -0.274 e. The lowest BCUT2D eigenvalue weighted by Gasteiger charge is -2.29. The molecule has 2 heterocycles. The molecule has 3 nitrogen and oxygen atoms in total. The van der Waals surface area contributed by atoms with E-state index in [2.05, 4.69) is 4.98 Å². The smallest absolute Gasteiger partial charge is 0.274 e. The first-order valence-electron chi connectivity index (χ1n) is 6.03. The van der Waals surface area contributed by atoms with Crippen molar-refractivity contribution in [3.8, 4) is 0 Å². The van der Waals surface area contributed by atoms with E-state index < -0.39 is 11.7 Å². The Labute approximate surface area is 122 Å². The number of carbonyl (C=O) groups is 1. The Morgan fingerprint density at radius 2 is 2.00 bits per heavy atom. The van der Waals surface area contributed by atoms with Crippen molar-refractivity contribution in [2.24, 2.45) is 0 Å². The molecule has 0 spiro atoms. The van der Waals surface area contributed by atoms with Gasteiger partial charge < -0.3 is 0 Å². The number of amides is 1. The number of anilines is 2. The standard InChI is InChI=1S/C14H9F3N2OS/c1-8(20)19-10-7-9(14(15,16)17)4-5-11(10)21-12-3-2-6-18-13(12)19/h2-7H,1H3. The van der Waals surface area contributed by atoms with Crippen LogP contribution in [0.4, 0.5) is 24.7 Å². The summed E-state index contributed by atoms with van der Waals surface area (Å²) in [5.74, 6) is -0.0161. The topological polar surface area (TPSA) is 33.2 Å². The van der Waals surface area contributed by atoms with Crippen LogP contribution >= 0.6 is 11.8 Å². The maximum atomic E-state index is 12.9. The molecular formula is C14H9F3N2OS. The third-order valence-electron chi connectivity index (χ3n) is 3.02. The number of halogens is 3. The summed E-state index contributed by atoms with van der Waals surface area (Å²) in [6.07, 6.45) is -2.94. The minimum absolute atomic E-state index is 0.216. The molecule has 0 atom stereocenters.